The van der Waals surface area contributed by atoms with Gasteiger partial charge in [0.15, 0.2) is 5.78 Å². The smallest absolute Gasteiger partial charge is 0.229 e. The van der Waals surface area contributed by atoms with Crippen molar-refractivity contribution < 1.29 is 9.59 Å². The molecule has 0 atom stereocenters. The fraction of sp³-hybridized carbons (Fsp3) is 0.286. The van der Waals surface area contributed by atoms with Crippen molar-refractivity contribution in [3.8, 4) is 11.3 Å². The van der Waals surface area contributed by atoms with Gasteiger partial charge in [-0.25, -0.2) is 0 Å². The Bertz CT molecular complexity index is 1090. The lowest BCUT2D eigenvalue weighted by molar-refractivity contribution is -0.120. The largest absolute Gasteiger partial charge is 0.369 e. The topological polar surface area (TPSA) is 98.8 Å². The van der Waals surface area contributed by atoms with Gasteiger partial charge in [-0.3, -0.25) is 24.5 Å². The highest BCUT2D eigenvalue weighted by molar-refractivity contribution is 5.95. The monoisotopic (exact) mass is 360 g/mol. The molecule has 27 heavy (non-hydrogen) atoms. The van der Waals surface area contributed by atoms with Gasteiger partial charge in [0.2, 0.25) is 5.91 Å². The number of pyridine rings is 3. The SMILES string of the molecule is CCC(=O)c1cc(C)c(-c2cc3cnc(C4(C(N)=O)CC4)cc3cn2)cn1. The maximum atomic E-state index is 11.8. The van der Waals surface area contributed by atoms with E-state index in [0.29, 0.717) is 12.1 Å². The maximum absolute atomic E-state index is 11.8. The van der Waals surface area contributed by atoms with E-state index < -0.39 is 5.41 Å². The molecule has 2 N–H and O–H groups in total. The molecule has 0 aliphatic heterocycles. The summed E-state index contributed by atoms with van der Waals surface area (Å²) in [5, 5.41) is 1.84. The number of aromatic nitrogens is 3. The zero-order chi connectivity index (χ0) is 19.2. The number of hydrogen-bond donors (Lipinski definition) is 1. The number of amides is 1. The van der Waals surface area contributed by atoms with Crippen LogP contribution in [0, 0.1) is 6.92 Å². The van der Waals surface area contributed by atoms with E-state index in [9.17, 15) is 9.59 Å². The lowest BCUT2D eigenvalue weighted by Gasteiger charge is -2.12. The van der Waals surface area contributed by atoms with Crippen LogP contribution in [0.5, 0.6) is 0 Å². The van der Waals surface area contributed by atoms with E-state index in [-0.39, 0.29) is 11.7 Å². The molecule has 4 rings (SSSR count). The normalized spacial score (nSPS) is 14.9. The van der Waals surface area contributed by atoms with Crippen LogP contribution in [0.25, 0.3) is 22.0 Å². The Morgan fingerprint density at radius 1 is 1.04 bits per heavy atom. The Morgan fingerprint density at radius 3 is 2.37 bits per heavy atom. The van der Waals surface area contributed by atoms with Crippen LogP contribution in [-0.4, -0.2) is 26.6 Å². The first kappa shape index (κ1) is 17.3. The lowest BCUT2D eigenvalue weighted by atomic mass is 9.99. The van der Waals surface area contributed by atoms with E-state index in [1.54, 1.807) is 24.7 Å². The summed E-state index contributed by atoms with van der Waals surface area (Å²) in [7, 11) is 0. The van der Waals surface area contributed by atoms with Crippen molar-refractivity contribution in [2.45, 2.75) is 38.5 Å². The Morgan fingerprint density at radius 2 is 1.74 bits per heavy atom. The first-order chi connectivity index (χ1) is 12.9. The number of carbonyl (C=O) groups excluding carboxylic acids is 2. The molecule has 1 amide bonds. The fourth-order valence-corrected chi connectivity index (χ4v) is 3.36. The number of hydrogen-bond acceptors (Lipinski definition) is 5. The molecule has 3 aromatic heterocycles. The molecule has 1 aliphatic carbocycles. The molecule has 0 unspecified atom stereocenters. The molecule has 0 aromatic carbocycles. The zero-order valence-electron chi connectivity index (χ0n) is 15.3. The number of rotatable bonds is 5. The van der Waals surface area contributed by atoms with Gasteiger partial charge < -0.3 is 5.73 Å². The maximum Gasteiger partial charge on any atom is 0.229 e. The van der Waals surface area contributed by atoms with Crippen LogP contribution in [0.1, 0.15) is 47.9 Å². The first-order valence-electron chi connectivity index (χ1n) is 9.01. The molecule has 6 nitrogen and oxygen atoms in total. The number of fused-ring (bicyclic) bond motifs is 1. The Balaban J connectivity index is 1.72. The number of Topliss-reactive ketones (excluding diaryl/α,β-unsaturated/α-hetero) is 1. The van der Waals surface area contributed by atoms with Crippen LogP contribution in [0.15, 0.2) is 36.8 Å². The standard InChI is InChI=1S/C21H20N4O2/c1-3-18(26)17-6-12(2)15(11-24-17)16-7-13-10-25-19(8-14(13)9-23-16)21(4-5-21)20(22)27/h6-11H,3-5H2,1-2H3,(H2,22,27). The third kappa shape index (κ3) is 2.87. The summed E-state index contributed by atoms with van der Waals surface area (Å²) in [6.07, 6.45) is 7.16. The van der Waals surface area contributed by atoms with E-state index in [2.05, 4.69) is 15.0 Å². The second-order valence-electron chi connectivity index (χ2n) is 7.09. The van der Waals surface area contributed by atoms with E-state index in [4.69, 9.17) is 5.73 Å². The Hall–Kier alpha value is -3.15. The van der Waals surface area contributed by atoms with E-state index in [1.807, 2.05) is 26.0 Å². The molecule has 1 fully saturated rings. The molecule has 3 heterocycles. The number of carbonyl (C=O) groups is 2. The van der Waals surface area contributed by atoms with E-state index in [1.165, 1.54) is 0 Å². The minimum absolute atomic E-state index is 0.0244. The second kappa shape index (κ2) is 6.23. The molecule has 1 saturated carbocycles. The van der Waals surface area contributed by atoms with Crippen molar-refractivity contribution in [3.05, 3.63) is 53.7 Å². The Kier molecular flexibility index (Phi) is 3.98. The average molecular weight is 360 g/mol. The van der Waals surface area contributed by atoms with Crippen molar-refractivity contribution in [3.63, 3.8) is 0 Å². The van der Waals surface area contributed by atoms with Crippen molar-refractivity contribution in [1.29, 1.82) is 0 Å². The highest BCUT2D eigenvalue weighted by Crippen LogP contribution is 2.47. The van der Waals surface area contributed by atoms with Gasteiger partial charge in [-0.2, -0.15) is 0 Å². The highest BCUT2D eigenvalue weighted by atomic mass is 16.1. The molecule has 0 radical (unpaired) electrons. The van der Waals surface area contributed by atoms with Gasteiger partial charge >= 0.3 is 0 Å². The van der Waals surface area contributed by atoms with Crippen LogP contribution in [0.3, 0.4) is 0 Å². The van der Waals surface area contributed by atoms with Gasteiger partial charge in [0.25, 0.3) is 0 Å². The summed E-state index contributed by atoms with van der Waals surface area (Å²) in [4.78, 5) is 36.9. The predicted octanol–water partition coefficient (Wildman–Crippen LogP) is 3.11. The van der Waals surface area contributed by atoms with Gasteiger partial charge in [0.05, 0.1) is 16.8 Å². The van der Waals surface area contributed by atoms with Gasteiger partial charge in [-0.1, -0.05) is 6.92 Å². The van der Waals surface area contributed by atoms with Crippen LogP contribution >= 0.6 is 0 Å². The van der Waals surface area contributed by atoms with Gasteiger partial charge in [0, 0.05) is 41.3 Å². The fourth-order valence-electron chi connectivity index (χ4n) is 3.36. The summed E-state index contributed by atoms with van der Waals surface area (Å²) in [6, 6.07) is 5.65. The van der Waals surface area contributed by atoms with Crippen molar-refractivity contribution in [2.24, 2.45) is 5.73 Å². The van der Waals surface area contributed by atoms with E-state index in [0.717, 1.165) is 46.1 Å². The number of nitrogens with two attached hydrogens (primary N) is 1. The van der Waals surface area contributed by atoms with Crippen LogP contribution in [0.2, 0.25) is 0 Å². The molecule has 0 saturated heterocycles. The van der Waals surface area contributed by atoms with Crippen molar-refractivity contribution >= 4 is 22.5 Å². The minimum atomic E-state index is -0.602. The summed E-state index contributed by atoms with van der Waals surface area (Å²) < 4.78 is 0. The van der Waals surface area contributed by atoms with Crippen LogP contribution < -0.4 is 5.73 Å². The van der Waals surface area contributed by atoms with Gasteiger partial charge in [0.1, 0.15) is 5.69 Å². The predicted molar refractivity (Wildman–Crippen MR) is 102 cm³/mol. The van der Waals surface area contributed by atoms with Crippen molar-refractivity contribution in [1.82, 2.24) is 15.0 Å². The summed E-state index contributed by atoms with van der Waals surface area (Å²) in [6.45, 7) is 3.77. The summed E-state index contributed by atoms with van der Waals surface area (Å²) in [5.41, 5.74) is 8.74. The average Bonchev–Trinajstić information content (AvgIpc) is 3.48. The molecule has 136 valence electrons. The number of primary amides is 1. The number of nitrogens with zero attached hydrogens (tertiary/aromatic N) is 3. The zero-order valence-corrected chi connectivity index (χ0v) is 15.3. The highest BCUT2D eigenvalue weighted by Gasteiger charge is 2.51. The quantitative estimate of drug-likeness (QED) is 0.705. The van der Waals surface area contributed by atoms with E-state index >= 15 is 0 Å². The lowest BCUT2D eigenvalue weighted by Crippen LogP contribution is -2.29. The van der Waals surface area contributed by atoms with Gasteiger partial charge in [-0.05, 0) is 43.5 Å². The first-order valence-corrected chi connectivity index (χ1v) is 9.01. The van der Waals surface area contributed by atoms with Crippen molar-refractivity contribution in [2.75, 3.05) is 0 Å². The molecule has 0 bridgehead atoms. The molecule has 1 aliphatic rings. The molecule has 0 spiro atoms. The second-order valence-corrected chi connectivity index (χ2v) is 7.09. The summed E-state index contributed by atoms with van der Waals surface area (Å²) in [5.74, 6) is -0.293. The Labute approximate surface area is 156 Å². The third-order valence-corrected chi connectivity index (χ3v) is 5.31. The molecular weight excluding hydrogens is 340 g/mol. The molecular formula is C21H20N4O2. The summed E-state index contributed by atoms with van der Waals surface area (Å²) >= 11 is 0. The number of aryl methyl sites for hydroxylation is 1. The van der Waals surface area contributed by atoms with Crippen LogP contribution in [0.4, 0.5) is 0 Å². The third-order valence-electron chi connectivity index (χ3n) is 5.31. The minimum Gasteiger partial charge on any atom is -0.369 e. The molecule has 6 heteroatoms. The molecule has 3 aromatic rings. The van der Waals surface area contributed by atoms with Crippen LogP contribution in [-0.2, 0) is 10.2 Å². The van der Waals surface area contributed by atoms with Gasteiger partial charge in [-0.15, -0.1) is 0 Å². The number of ketones is 1.